The summed E-state index contributed by atoms with van der Waals surface area (Å²) < 4.78 is 5.65. The van der Waals surface area contributed by atoms with E-state index in [1.165, 1.54) is 0 Å². The van der Waals surface area contributed by atoms with Crippen molar-refractivity contribution in [2.24, 2.45) is 0 Å². The van der Waals surface area contributed by atoms with Crippen molar-refractivity contribution in [1.82, 2.24) is 4.90 Å². The maximum absolute atomic E-state index is 12.7. The number of nitrogens with zero attached hydrogens (tertiary/aromatic N) is 1. The van der Waals surface area contributed by atoms with Crippen LogP contribution in [0.25, 0.3) is 0 Å². The molecule has 118 valence electrons. The van der Waals surface area contributed by atoms with Gasteiger partial charge in [0, 0.05) is 25.9 Å². The van der Waals surface area contributed by atoms with E-state index >= 15 is 0 Å². The highest BCUT2D eigenvalue weighted by molar-refractivity contribution is 5.84. The van der Waals surface area contributed by atoms with Crippen molar-refractivity contribution < 1.29 is 24.5 Å². The molecule has 0 bridgehead atoms. The van der Waals surface area contributed by atoms with Gasteiger partial charge in [0.2, 0.25) is 0 Å². The Kier molecular flexibility index (Phi) is 3.88. The summed E-state index contributed by atoms with van der Waals surface area (Å²) in [5.41, 5.74) is 0.284. The van der Waals surface area contributed by atoms with Crippen LogP contribution in [-0.2, 0) is 20.7 Å². The smallest absolute Gasteiger partial charge is 0.335 e. The number of rotatable bonds is 2. The molecule has 3 rings (SSSR count). The number of aliphatic hydroxyl groups is 1. The number of fused-ring (bicyclic) bond motifs is 1. The first kappa shape index (κ1) is 15.0. The second-order valence-electron chi connectivity index (χ2n) is 5.86. The molecule has 0 spiro atoms. The molecule has 0 saturated carbocycles. The maximum atomic E-state index is 12.7. The Balaban J connectivity index is 1.73. The quantitative estimate of drug-likeness (QED) is 0.841. The average Bonchev–Trinajstić information content (AvgIpc) is 2.54. The molecule has 2 N–H and O–H groups in total. The van der Waals surface area contributed by atoms with Crippen molar-refractivity contribution in [3.63, 3.8) is 0 Å². The van der Waals surface area contributed by atoms with Crippen LogP contribution in [-0.4, -0.2) is 52.3 Å². The fraction of sp³-hybridized carbons (Fsp3) is 0.500. The summed E-state index contributed by atoms with van der Waals surface area (Å²) in [5, 5.41) is 19.0. The number of likely N-dealkylation sites (tertiary alicyclic amines) is 1. The summed E-state index contributed by atoms with van der Waals surface area (Å²) >= 11 is 0. The Hall–Kier alpha value is -1.92. The number of hydrogen-bond acceptors (Lipinski definition) is 4. The van der Waals surface area contributed by atoms with E-state index in [0.29, 0.717) is 6.61 Å². The zero-order valence-corrected chi connectivity index (χ0v) is 12.2. The third kappa shape index (κ3) is 2.60. The Bertz CT molecular complexity index is 592. The molecule has 6 nitrogen and oxygen atoms in total. The van der Waals surface area contributed by atoms with Crippen LogP contribution in [0.1, 0.15) is 30.1 Å². The Labute approximate surface area is 128 Å². The van der Waals surface area contributed by atoms with Gasteiger partial charge in [0.25, 0.3) is 5.91 Å². The van der Waals surface area contributed by atoms with Crippen molar-refractivity contribution in [2.75, 3.05) is 19.7 Å². The van der Waals surface area contributed by atoms with E-state index in [2.05, 4.69) is 0 Å². The number of carbonyl (C=O) groups excluding carboxylic acids is 1. The number of carboxylic acid groups (broad SMARTS) is 1. The molecule has 0 aliphatic carbocycles. The Morgan fingerprint density at radius 3 is 2.59 bits per heavy atom. The van der Waals surface area contributed by atoms with Crippen LogP contribution in [0.3, 0.4) is 0 Å². The third-order valence-electron chi connectivity index (χ3n) is 4.52. The molecule has 0 radical (unpaired) electrons. The van der Waals surface area contributed by atoms with Gasteiger partial charge in [0.05, 0.1) is 6.61 Å². The van der Waals surface area contributed by atoms with Crippen molar-refractivity contribution in [2.45, 2.75) is 31.0 Å². The van der Waals surface area contributed by atoms with Gasteiger partial charge in [-0.05, 0) is 17.5 Å². The number of piperidine rings is 1. The summed E-state index contributed by atoms with van der Waals surface area (Å²) in [6.07, 6.45) is 0.254. The molecular formula is C16H19NO5. The number of benzene rings is 1. The van der Waals surface area contributed by atoms with Gasteiger partial charge in [-0.1, -0.05) is 24.3 Å². The number of carboxylic acids is 1. The molecular weight excluding hydrogens is 286 g/mol. The Morgan fingerprint density at radius 1 is 1.23 bits per heavy atom. The van der Waals surface area contributed by atoms with E-state index in [1.54, 1.807) is 4.90 Å². The van der Waals surface area contributed by atoms with Crippen LogP contribution < -0.4 is 0 Å². The van der Waals surface area contributed by atoms with Crippen molar-refractivity contribution in [1.29, 1.82) is 0 Å². The van der Waals surface area contributed by atoms with Gasteiger partial charge in [-0.3, -0.25) is 4.79 Å². The standard InChI is InChI=1S/C16H19NO5/c18-14(17-8-6-16(21,7-9-17)15(19)20)13-12-4-2-1-3-11(12)5-10-22-13/h1-4,13,21H,5-10H2,(H,19,20). The second-order valence-corrected chi connectivity index (χ2v) is 5.86. The van der Waals surface area contributed by atoms with E-state index < -0.39 is 17.7 Å². The highest BCUT2D eigenvalue weighted by Crippen LogP contribution is 2.31. The van der Waals surface area contributed by atoms with E-state index in [1.807, 2.05) is 24.3 Å². The fourth-order valence-corrected chi connectivity index (χ4v) is 3.08. The number of carbonyl (C=O) groups is 2. The highest BCUT2D eigenvalue weighted by atomic mass is 16.5. The molecule has 1 aromatic carbocycles. The molecule has 6 heteroatoms. The first-order valence-corrected chi connectivity index (χ1v) is 7.45. The summed E-state index contributed by atoms with van der Waals surface area (Å²) in [6, 6.07) is 7.72. The average molecular weight is 305 g/mol. The van der Waals surface area contributed by atoms with Gasteiger partial charge in [-0.25, -0.2) is 4.79 Å². The molecule has 1 amide bonds. The first-order valence-electron chi connectivity index (χ1n) is 7.45. The van der Waals surface area contributed by atoms with Gasteiger partial charge in [0.1, 0.15) is 0 Å². The van der Waals surface area contributed by atoms with Crippen molar-refractivity contribution >= 4 is 11.9 Å². The predicted octanol–water partition coefficient (Wildman–Crippen LogP) is 0.738. The van der Waals surface area contributed by atoms with Gasteiger partial charge < -0.3 is 19.8 Å². The van der Waals surface area contributed by atoms with E-state index in [4.69, 9.17) is 9.84 Å². The molecule has 1 saturated heterocycles. The molecule has 1 unspecified atom stereocenters. The molecule has 1 atom stereocenters. The van der Waals surface area contributed by atoms with E-state index in [0.717, 1.165) is 17.5 Å². The molecule has 0 aromatic heterocycles. The summed E-state index contributed by atoms with van der Waals surface area (Å²) in [5.74, 6) is -1.38. The van der Waals surface area contributed by atoms with E-state index in [-0.39, 0.29) is 31.8 Å². The zero-order chi connectivity index (χ0) is 15.7. The largest absolute Gasteiger partial charge is 0.479 e. The first-order chi connectivity index (χ1) is 10.5. The highest BCUT2D eigenvalue weighted by Gasteiger charge is 2.42. The summed E-state index contributed by atoms with van der Waals surface area (Å²) in [7, 11) is 0. The van der Waals surface area contributed by atoms with Gasteiger partial charge in [-0.15, -0.1) is 0 Å². The van der Waals surface area contributed by atoms with Crippen LogP contribution >= 0.6 is 0 Å². The van der Waals surface area contributed by atoms with Gasteiger partial charge >= 0.3 is 5.97 Å². The third-order valence-corrected chi connectivity index (χ3v) is 4.52. The second kappa shape index (κ2) is 5.70. The lowest BCUT2D eigenvalue weighted by atomic mass is 9.90. The normalized spacial score (nSPS) is 23.7. The van der Waals surface area contributed by atoms with Gasteiger partial charge in [-0.2, -0.15) is 0 Å². The molecule has 1 aromatic rings. The lowest BCUT2D eigenvalue weighted by molar-refractivity contribution is -0.167. The molecule has 2 heterocycles. The minimum absolute atomic E-state index is 0.0441. The summed E-state index contributed by atoms with van der Waals surface area (Å²) in [4.78, 5) is 25.3. The molecule has 2 aliphatic heterocycles. The Morgan fingerprint density at radius 2 is 1.91 bits per heavy atom. The number of hydrogen-bond donors (Lipinski definition) is 2. The van der Waals surface area contributed by atoms with Crippen LogP contribution in [0.4, 0.5) is 0 Å². The SMILES string of the molecule is O=C(C1OCCc2ccccc21)N1CCC(O)(C(=O)O)CC1. The number of aliphatic carboxylic acids is 1. The van der Waals surface area contributed by atoms with Gasteiger partial charge in [0.15, 0.2) is 11.7 Å². The molecule has 22 heavy (non-hydrogen) atoms. The van der Waals surface area contributed by atoms with Crippen LogP contribution in [0, 0.1) is 0 Å². The summed E-state index contributed by atoms with van der Waals surface area (Å²) in [6.45, 7) is 0.952. The predicted molar refractivity (Wildman–Crippen MR) is 77.2 cm³/mol. The zero-order valence-electron chi connectivity index (χ0n) is 12.2. The maximum Gasteiger partial charge on any atom is 0.335 e. The minimum atomic E-state index is -1.72. The van der Waals surface area contributed by atoms with Crippen LogP contribution in [0.2, 0.25) is 0 Å². The van der Waals surface area contributed by atoms with Crippen molar-refractivity contribution in [3.05, 3.63) is 35.4 Å². The fourth-order valence-electron chi connectivity index (χ4n) is 3.08. The molecule has 1 fully saturated rings. The van der Waals surface area contributed by atoms with E-state index in [9.17, 15) is 14.7 Å². The molecule has 2 aliphatic rings. The minimum Gasteiger partial charge on any atom is -0.479 e. The lowest BCUT2D eigenvalue weighted by Gasteiger charge is -2.37. The monoisotopic (exact) mass is 305 g/mol. The van der Waals surface area contributed by atoms with Crippen LogP contribution in [0.15, 0.2) is 24.3 Å². The lowest BCUT2D eigenvalue weighted by Crippen LogP contribution is -2.52. The number of amides is 1. The number of ether oxygens (including phenoxy) is 1. The van der Waals surface area contributed by atoms with Crippen LogP contribution in [0.5, 0.6) is 0 Å². The van der Waals surface area contributed by atoms with Crippen molar-refractivity contribution in [3.8, 4) is 0 Å². The topological polar surface area (TPSA) is 87.1 Å².